The normalized spacial score (nSPS) is 17.3. The summed E-state index contributed by atoms with van der Waals surface area (Å²) >= 11 is 0. The first-order valence-electron chi connectivity index (χ1n) is 10.3. The first kappa shape index (κ1) is 18.9. The summed E-state index contributed by atoms with van der Waals surface area (Å²) in [5.41, 5.74) is 5.65. The molecule has 0 spiro atoms. The number of likely N-dealkylation sites (tertiary alicyclic amines) is 1. The molecule has 1 fully saturated rings. The predicted molar refractivity (Wildman–Crippen MR) is 112 cm³/mol. The number of benzene rings is 2. The molecule has 1 amide bonds. The second kappa shape index (κ2) is 8.27. The maximum Gasteiger partial charge on any atom is 0.238 e. The van der Waals surface area contributed by atoms with Crippen molar-refractivity contribution >= 4 is 17.4 Å². The third kappa shape index (κ3) is 4.33. The molecule has 0 aromatic heterocycles. The number of nitrogens with one attached hydrogen (secondary N) is 1. The second-order valence-electron chi connectivity index (χ2n) is 8.17. The van der Waals surface area contributed by atoms with Gasteiger partial charge in [0.2, 0.25) is 5.91 Å². The number of aryl methyl sites for hydroxylation is 3. The largest absolute Gasteiger partial charge is 0.325 e. The molecule has 0 unspecified atom stereocenters. The van der Waals surface area contributed by atoms with Crippen LogP contribution in [0.4, 0.5) is 5.69 Å². The Morgan fingerprint density at radius 2 is 1.71 bits per heavy atom. The highest BCUT2D eigenvalue weighted by atomic mass is 16.2. The van der Waals surface area contributed by atoms with Gasteiger partial charge in [-0.3, -0.25) is 14.5 Å². The van der Waals surface area contributed by atoms with Gasteiger partial charge < -0.3 is 5.32 Å². The van der Waals surface area contributed by atoms with E-state index >= 15 is 0 Å². The van der Waals surface area contributed by atoms with Gasteiger partial charge in [-0.25, -0.2) is 0 Å². The van der Waals surface area contributed by atoms with Gasteiger partial charge in [0.1, 0.15) is 0 Å². The van der Waals surface area contributed by atoms with Crippen LogP contribution in [-0.4, -0.2) is 36.2 Å². The Morgan fingerprint density at radius 1 is 1.00 bits per heavy atom. The summed E-state index contributed by atoms with van der Waals surface area (Å²) in [7, 11) is 0. The minimum Gasteiger partial charge on any atom is -0.325 e. The van der Waals surface area contributed by atoms with Gasteiger partial charge in [-0.15, -0.1) is 0 Å². The van der Waals surface area contributed by atoms with E-state index in [4.69, 9.17) is 0 Å². The van der Waals surface area contributed by atoms with Crippen LogP contribution in [0.3, 0.4) is 0 Å². The van der Waals surface area contributed by atoms with Gasteiger partial charge in [0.25, 0.3) is 0 Å². The van der Waals surface area contributed by atoms with Crippen molar-refractivity contribution in [3.05, 3.63) is 64.7 Å². The fourth-order valence-electron chi connectivity index (χ4n) is 4.36. The average molecular weight is 377 g/mol. The van der Waals surface area contributed by atoms with Crippen molar-refractivity contribution in [3.8, 4) is 0 Å². The SMILES string of the molecule is Cc1ccc(C(=O)C2CCN(CC(=O)Nc3ccc4c(c3)CCC4)CC2)cc1. The van der Waals surface area contributed by atoms with Crippen LogP contribution in [0.1, 0.15) is 46.3 Å². The van der Waals surface area contributed by atoms with Crippen LogP contribution in [0.5, 0.6) is 0 Å². The molecule has 4 nitrogen and oxygen atoms in total. The van der Waals surface area contributed by atoms with E-state index < -0.39 is 0 Å². The molecule has 0 saturated carbocycles. The number of hydrogen-bond donors (Lipinski definition) is 1. The zero-order chi connectivity index (χ0) is 19.5. The molecule has 4 heteroatoms. The lowest BCUT2D eigenvalue weighted by Crippen LogP contribution is -2.40. The summed E-state index contributed by atoms with van der Waals surface area (Å²) in [5.74, 6) is 0.335. The Balaban J connectivity index is 1.26. The molecule has 0 radical (unpaired) electrons. The van der Waals surface area contributed by atoms with E-state index in [-0.39, 0.29) is 17.6 Å². The van der Waals surface area contributed by atoms with Gasteiger partial charge >= 0.3 is 0 Å². The van der Waals surface area contributed by atoms with Crippen LogP contribution in [0, 0.1) is 12.8 Å². The van der Waals surface area contributed by atoms with Crippen molar-refractivity contribution < 1.29 is 9.59 Å². The molecule has 4 rings (SSSR count). The number of anilines is 1. The van der Waals surface area contributed by atoms with Crippen LogP contribution in [-0.2, 0) is 17.6 Å². The number of hydrogen-bond acceptors (Lipinski definition) is 3. The monoisotopic (exact) mass is 376 g/mol. The molecule has 2 aliphatic rings. The number of fused-ring (bicyclic) bond motifs is 1. The predicted octanol–water partition coefficient (Wildman–Crippen LogP) is 4.02. The zero-order valence-corrected chi connectivity index (χ0v) is 16.5. The Kier molecular flexibility index (Phi) is 5.58. The lowest BCUT2D eigenvalue weighted by Gasteiger charge is -2.30. The molecular formula is C24H28N2O2. The number of carbonyl (C=O) groups is 2. The van der Waals surface area contributed by atoms with E-state index in [1.165, 1.54) is 23.1 Å². The Morgan fingerprint density at radius 3 is 2.46 bits per heavy atom. The Hall–Kier alpha value is -2.46. The Bertz CT molecular complexity index is 865. The summed E-state index contributed by atoms with van der Waals surface area (Å²) in [6.07, 6.45) is 5.11. The molecule has 0 atom stereocenters. The van der Waals surface area contributed by atoms with Gasteiger partial charge in [0.15, 0.2) is 5.78 Å². The van der Waals surface area contributed by atoms with Crippen LogP contribution < -0.4 is 5.32 Å². The van der Waals surface area contributed by atoms with E-state index in [0.717, 1.165) is 50.0 Å². The highest BCUT2D eigenvalue weighted by Crippen LogP contribution is 2.25. The van der Waals surface area contributed by atoms with Crippen molar-refractivity contribution in [1.29, 1.82) is 0 Å². The van der Waals surface area contributed by atoms with Gasteiger partial charge in [0.05, 0.1) is 6.54 Å². The number of rotatable bonds is 5. The van der Waals surface area contributed by atoms with Crippen LogP contribution >= 0.6 is 0 Å². The third-order valence-corrected chi connectivity index (χ3v) is 6.04. The van der Waals surface area contributed by atoms with E-state index in [9.17, 15) is 9.59 Å². The maximum absolute atomic E-state index is 12.7. The second-order valence-corrected chi connectivity index (χ2v) is 8.17. The molecule has 2 aromatic rings. The number of Topliss-reactive ketones (excluding diaryl/α,β-unsaturated/α-hetero) is 1. The van der Waals surface area contributed by atoms with E-state index in [1.54, 1.807) is 0 Å². The average Bonchev–Trinajstić information content (AvgIpc) is 3.16. The van der Waals surface area contributed by atoms with Crippen molar-refractivity contribution in [2.75, 3.05) is 25.0 Å². The first-order chi connectivity index (χ1) is 13.6. The quantitative estimate of drug-likeness (QED) is 0.802. The Labute approximate surface area is 166 Å². The summed E-state index contributed by atoms with van der Waals surface area (Å²) in [5, 5.41) is 3.04. The lowest BCUT2D eigenvalue weighted by molar-refractivity contribution is -0.117. The van der Waals surface area contributed by atoms with E-state index in [2.05, 4.69) is 22.3 Å². The third-order valence-electron chi connectivity index (χ3n) is 6.04. The summed E-state index contributed by atoms with van der Waals surface area (Å²) in [6.45, 7) is 4.00. The van der Waals surface area contributed by atoms with Crippen LogP contribution in [0.2, 0.25) is 0 Å². The van der Waals surface area contributed by atoms with Crippen LogP contribution in [0.15, 0.2) is 42.5 Å². The van der Waals surface area contributed by atoms with Crippen molar-refractivity contribution in [2.45, 2.75) is 39.0 Å². The fraction of sp³-hybridized carbons (Fsp3) is 0.417. The van der Waals surface area contributed by atoms with Crippen molar-refractivity contribution in [3.63, 3.8) is 0 Å². The topological polar surface area (TPSA) is 49.4 Å². The number of ketones is 1. The first-order valence-corrected chi connectivity index (χ1v) is 10.3. The molecule has 0 bridgehead atoms. The molecule has 2 aromatic carbocycles. The minimum absolute atomic E-state index is 0.0289. The molecule has 1 aliphatic carbocycles. The summed E-state index contributed by atoms with van der Waals surface area (Å²) < 4.78 is 0. The van der Waals surface area contributed by atoms with Crippen molar-refractivity contribution in [1.82, 2.24) is 4.90 Å². The maximum atomic E-state index is 12.7. The zero-order valence-electron chi connectivity index (χ0n) is 16.5. The number of carbonyl (C=O) groups excluding carboxylic acids is 2. The molecule has 1 saturated heterocycles. The molecule has 1 N–H and O–H groups in total. The van der Waals surface area contributed by atoms with Gasteiger partial charge in [-0.1, -0.05) is 35.9 Å². The van der Waals surface area contributed by atoms with E-state index in [1.807, 2.05) is 37.3 Å². The summed E-state index contributed by atoms with van der Waals surface area (Å²) in [6, 6.07) is 14.1. The van der Waals surface area contributed by atoms with Crippen molar-refractivity contribution in [2.24, 2.45) is 5.92 Å². The standard InChI is InChI=1S/C24H28N2O2/c1-17-5-7-19(8-6-17)24(28)20-11-13-26(14-12-20)16-23(27)25-22-10-9-18-3-2-4-21(18)15-22/h5-10,15,20H,2-4,11-14,16H2,1H3,(H,25,27). The minimum atomic E-state index is 0.0289. The van der Waals surface area contributed by atoms with Gasteiger partial charge in [-0.05, 0) is 75.4 Å². The number of piperidine rings is 1. The summed E-state index contributed by atoms with van der Waals surface area (Å²) in [4.78, 5) is 27.3. The number of nitrogens with zero attached hydrogens (tertiary/aromatic N) is 1. The molecule has 28 heavy (non-hydrogen) atoms. The number of amides is 1. The van der Waals surface area contributed by atoms with Gasteiger partial charge in [0, 0.05) is 17.2 Å². The highest BCUT2D eigenvalue weighted by molar-refractivity contribution is 5.98. The molecule has 1 heterocycles. The highest BCUT2D eigenvalue weighted by Gasteiger charge is 2.26. The molecule has 1 aliphatic heterocycles. The fourth-order valence-corrected chi connectivity index (χ4v) is 4.36. The van der Waals surface area contributed by atoms with E-state index in [0.29, 0.717) is 6.54 Å². The van der Waals surface area contributed by atoms with Gasteiger partial charge in [-0.2, -0.15) is 0 Å². The lowest BCUT2D eigenvalue weighted by atomic mass is 9.88. The molecule has 146 valence electrons. The molecular weight excluding hydrogens is 348 g/mol. The smallest absolute Gasteiger partial charge is 0.238 e. The van der Waals surface area contributed by atoms with Crippen LogP contribution in [0.25, 0.3) is 0 Å².